The molecular formula is C18H20N2O3S. The van der Waals surface area contributed by atoms with Gasteiger partial charge in [-0.1, -0.05) is 12.8 Å². The van der Waals surface area contributed by atoms with Crippen LogP contribution < -0.4 is 5.32 Å². The molecule has 0 spiro atoms. The first-order valence-corrected chi connectivity index (χ1v) is 9.31. The van der Waals surface area contributed by atoms with Gasteiger partial charge in [-0.15, -0.1) is 11.3 Å². The van der Waals surface area contributed by atoms with E-state index in [4.69, 9.17) is 0 Å². The fourth-order valence-corrected chi connectivity index (χ4v) is 4.73. The van der Waals surface area contributed by atoms with Crippen molar-refractivity contribution >= 4 is 39.1 Å². The molecule has 0 aliphatic heterocycles. The van der Waals surface area contributed by atoms with Crippen LogP contribution in [0.1, 0.15) is 55.9 Å². The fourth-order valence-electron chi connectivity index (χ4n) is 3.56. The first-order chi connectivity index (χ1) is 11.6. The number of fused-ring (bicyclic) bond motifs is 1. The van der Waals surface area contributed by atoms with E-state index in [1.54, 1.807) is 11.3 Å². The molecule has 0 unspecified atom stereocenters. The third-order valence-electron chi connectivity index (χ3n) is 5.13. The van der Waals surface area contributed by atoms with Crippen molar-refractivity contribution in [3.05, 3.63) is 23.2 Å². The zero-order valence-corrected chi connectivity index (χ0v) is 14.2. The monoisotopic (exact) mass is 344 g/mol. The molecule has 0 atom stereocenters. The van der Waals surface area contributed by atoms with E-state index in [-0.39, 0.29) is 12.3 Å². The van der Waals surface area contributed by atoms with Crippen molar-refractivity contribution in [1.29, 1.82) is 0 Å². The standard InChI is InChI=1S/C18H20N2O3S/c21-15(10-18(17(22)23)7-1-2-8-18)19-12-5-6-13-14(9-12)24-16(20-13)11-3-4-11/h5-6,9,11H,1-4,7-8,10H2,(H,19,21)(H,22,23). The van der Waals surface area contributed by atoms with Gasteiger partial charge < -0.3 is 10.4 Å². The second kappa shape index (κ2) is 5.84. The first-order valence-electron chi connectivity index (χ1n) is 8.49. The summed E-state index contributed by atoms with van der Waals surface area (Å²) in [5.74, 6) is -0.439. The van der Waals surface area contributed by atoms with Gasteiger partial charge in [-0.2, -0.15) is 0 Å². The quantitative estimate of drug-likeness (QED) is 0.854. The Morgan fingerprint density at radius 2 is 2.04 bits per heavy atom. The van der Waals surface area contributed by atoms with E-state index >= 15 is 0 Å². The first kappa shape index (κ1) is 15.6. The van der Waals surface area contributed by atoms with Gasteiger partial charge in [-0.3, -0.25) is 9.59 Å². The third kappa shape index (κ3) is 2.90. The van der Waals surface area contributed by atoms with Crippen LogP contribution in [0.2, 0.25) is 0 Å². The van der Waals surface area contributed by atoms with Crippen LogP contribution in [0.4, 0.5) is 5.69 Å². The largest absolute Gasteiger partial charge is 0.481 e. The summed E-state index contributed by atoms with van der Waals surface area (Å²) in [6.07, 6.45) is 5.45. The summed E-state index contributed by atoms with van der Waals surface area (Å²) in [7, 11) is 0. The molecule has 1 amide bonds. The SMILES string of the molecule is O=C(CC1(C(=O)O)CCCC1)Nc1ccc2nc(C3CC3)sc2c1. The van der Waals surface area contributed by atoms with Crippen LogP contribution in [-0.4, -0.2) is 22.0 Å². The van der Waals surface area contributed by atoms with E-state index in [0.29, 0.717) is 18.8 Å². The minimum atomic E-state index is -0.877. The van der Waals surface area contributed by atoms with Gasteiger partial charge in [-0.05, 0) is 43.9 Å². The van der Waals surface area contributed by atoms with Crippen molar-refractivity contribution in [1.82, 2.24) is 4.98 Å². The summed E-state index contributed by atoms with van der Waals surface area (Å²) >= 11 is 1.69. The van der Waals surface area contributed by atoms with E-state index in [2.05, 4.69) is 10.3 Å². The fraction of sp³-hybridized carbons (Fsp3) is 0.500. The summed E-state index contributed by atoms with van der Waals surface area (Å²) in [6.45, 7) is 0. The maximum Gasteiger partial charge on any atom is 0.310 e. The second-order valence-corrected chi connectivity index (χ2v) is 8.09. The Kier molecular flexibility index (Phi) is 3.79. The summed E-state index contributed by atoms with van der Waals surface area (Å²) in [5.41, 5.74) is 0.812. The van der Waals surface area contributed by atoms with E-state index in [0.717, 1.165) is 28.7 Å². The van der Waals surface area contributed by atoms with Crippen molar-refractivity contribution < 1.29 is 14.7 Å². The van der Waals surface area contributed by atoms with Crippen molar-refractivity contribution in [2.45, 2.75) is 50.9 Å². The lowest BCUT2D eigenvalue weighted by molar-refractivity contribution is -0.150. The predicted octanol–water partition coefficient (Wildman–Crippen LogP) is 4.15. The lowest BCUT2D eigenvalue weighted by atomic mass is 9.82. The van der Waals surface area contributed by atoms with Gasteiger partial charge in [0.05, 0.1) is 20.6 Å². The number of carboxylic acids is 1. The minimum absolute atomic E-state index is 0.0520. The Labute approximate surface area is 144 Å². The minimum Gasteiger partial charge on any atom is -0.481 e. The van der Waals surface area contributed by atoms with Gasteiger partial charge in [0.15, 0.2) is 0 Å². The van der Waals surface area contributed by atoms with Crippen molar-refractivity contribution in [3.8, 4) is 0 Å². The van der Waals surface area contributed by atoms with Gasteiger partial charge in [0, 0.05) is 18.0 Å². The molecule has 2 aliphatic carbocycles. The molecule has 24 heavy (non-hydrogen) atoms. The number of thiazole rings is 1. The molecule has 0 bridgehead atoms. The predicted molar refractivity (Wildman–Crippen MR) is 93.4 cm³/mol. The highest BCUT2D eigenvalue weighted by molar-refractivity contribution is 7.18. The van der Waals surface area contributed by atoms with Crippen LogP contribution in [0.15, 0.2) is 18.2 Å². The molecule has 4 rings (SSSR count). The molecule has 2 saturated carbocycles. The summed E-state index contributed by atoms with van der Waals surface area (Å²) in [6, 6.07) is 5.72. The molecule has 5 nitrogen and oxygen atoms in total. The average molecular weight is 344 g/mol. The molecule has 2 N–H and O–H groups in total. The Hall–Kier alpha value is -1.95. The van der Waals surface area contributed by atoms with Crippen molar-refractivity contribution in [3.63, 3.8) is 0 Å². The Balaban J connectivity index is 1.48. The molecule has 0 radical (unpaired) electrons. The van der Waals surface area contributed by atoms with E-state index < -0.39 is 11.4 Å². The van der Waals surface area contributed by atoms with Crippen LogP contribution in [0.5, 0.6) is 0 Å². The number of nitrogens with one attached hydrogen (secondary N) is 1. The number of hydrogen-bond donors (Lipinski definition) is 2. The van der Waals surface area contributed by atoms with Crippen molar-refractivity contribution in [2.24, 2.45) is 5.41 Å². The number of anilines is 1. The zero-order valence-electron chi connectivity index (χ0n) is 13.4. The molecule has 2 fully saturated rings. The Morgan fingerprint density at radius 3 is 2.71 bits per heavy atom. The maximum atomic E-state index is 12.4. The Morgan fingerprint density at radius 1 is 1.29 bits per heavy atom. The molecule has 2 aromatic rings. The average Bonchev–Trinajstić information content (AvgIpc) is 3.13. The molecule has 1 heterocycles. The maximum absolute atomic E-state index is 12.4. The van der Waals surface area contributed by atoms with Crippen LogP contribution in [0.25, 0.3) is 10.2 Å². The Bertz CT molecular complexity index is 804. The van der Waals surface area contributed by atoms with Crippen LogP contribution in [0, 0.1) is 5.41 Å². The van der Waals surface area contributed by atoms with Gasteiger partial charge >= 0.3 is 5.97 Å². The van der Waals surface area contributed by atoms with Crippen LogP contribution in [-0.2, 0) is 9.59 Å². The van der Waals surface area contributed by atoms with Crippen LogP contribution >= 0.6 is 11.3 Å². The third-order valence-corrected chi connectivity index (χ3v) is 6.31. The van der Waals surface area contributed by atoms with Crippen LogP contribution in [0.3, 0.4) is 0 Å². The second-order valence-electron chi connectivity index (χ2n) is 7.03. The summed E-state index contributed by atoms with van der Waals surface area (Å²) < 4.78 is 1.07. The number of benzene rings is 1. The smallest absolute Gasteiger partial charge is 0.310 e. The summed E-state index contributed by atoms with van der Waals surface area (Å²) in [5, 5.41) is 13.5. The molecule has 126 valence electrons. The highest BCUT2D eigenvalue weighted by Crippen LogP contribution is 2.44. The van der Waals surface area contributed by atoms with E-state index in [1.165, 1.54) is 17.8 Å². The van der Waals surface area contributed by atoms with Gasteiger partial charge in [0.1, 0.15) is 0 Å². The van der Waals surface area contributed by atoms with Crippen molar-refractivity contribution in [2.75, 3.05) is 5.32 Å². The number of amides is 1. The normalized spacial score (nSPS) is 19.5. The molecule has 6 heteroatoms. The topological polar surface area (TPSA) is 79.3 Å². The number of aromatic nitrogens is 1. The molecule has 1 aromatic carbocycles. The molecule has 0 saturated heterocycles. The highest BCUT2D eigenvalue weighted by Gasteiger charge is 2.43. The highest BCUT2D eigenvalue weighted by atomic mass is 32.1. The lowest BCUT2D eigenvalue weighted by Gasteiger charge is -2.22. The number of aliphatic carboxylic acids is 1. The molecule has 2 aliphatic rings. The number of carbonyl (C=O) groups is 2. The number of rotatable bonds is 5. The number of carboxylic acid groups (broad SMARTS) is 1. The van der Waals surface area contributed by atoms with Gasteiger partial charge in [-0.25, -0.2) is 4.98 Å². The zero-order chi connectivity index (χ0) is 16.7. The van der Waals surface area contributed by atoms with E-state index in [9.17, 15) is 14.7 Å². The van der Waals surface area contributed by atoms with E-state index in [1.807, 2.05) is 18.2 Å². The van der Waals surface area contributed by atoms with Gasteiger partial charge in [0.2, 0.25) is 5.91 Å². The number of hydrogen-bond acceptors (Lipinski definition) is 4. The summed E-state index contributed by atoms with van der Waals surface area (Å²) in [4.78, 5) is 28.6. The lowest BCUT2D eigenvalue weighted by Crippen LogP contribution is -2.32. The molecule has 1 aromatic heterocycles. The molecular weight excluding hydrogens is 324 g/mol. The van der Waals surface area contributed by atoms with Gasteiger partial charge in [0.25, 0.3) is 0 Å². The number of nitrogens with zero attached hydrogens (tertiary/aromatic N) is 1. The number of carbonyl (C=O) groups excluding carboxylic acids is 1.